The highest BCUT2D eigenvalue weighted by molar-refractivity contribution is 7.99. The van der Waals surface area contributed by atoms with E-state index in [4.69, 9.17) is 9.47 Å². The molecule has 4 aromatic carbocycles. The van der Waals surface area contributed by atoms with Crippen LogP contribution in [-0.2, 0) is 27.4 Å². The molecule has 0 radical (unpaired) electrons. The lowest BCUT2D eigenvalue weighted by molar-refractivity contribution is -0.255. The van der Waals surface area contributed by atoms with E-state index in [1.54, 1.807) is 0 Å². The molecule has 5 aromatic rings. The Morgan fingerprint density at radius 1 is 0.833 bits per heavy atom. The lowest BCUT2D eigenvalue weighted by Crippen LogP contribution is -2.38. The van der Waals surface area contributed by atoms with Crippen LogP contribution in [0.3, 0.4) is 0 Å². The molecule has 0 aliphatic carbocycles. The lowest BCUT2D eigenvalue weighted by Gasteiger charge is -2.43. The first kappa shape index (κ1) is 31.5. The largest absolute Gasteiger partial charge is 0.392 e. The highest BCUT2D eigenvalue weighted by atomic mass is 32.2. The molecule has 1 unspecified atom stereocenters. The van der Waals surface area contributed by atoms with Crippen molar-refractivity contribution in [2.75, 3.05) is 5.75 Å². The van der Waals surface area contributed by atoms with Gasteiger partial charge in [0.1, 0.15) is 6.33 Å². The van der Waals surface area contributed by atoms with Crippen molar-refractivity contribution < 1.29 is 33.7 Å². The number of carbonyl (C=O) groups excluding carboxylic acids is 3. The average molecular weight is 663 g/mol. The molecule has 0 saturated carbocycles. The molecule has 0 bridgehead atoms. The van der Waals surface area contributed by atoms with Crippen LogP contribution >= 0.6 is 11.8 Å². The van der Waals surface area contributed by atoms with Gasteiger partial charge in [-0.3, -0.25) is 9.89 Å². The van der Waals surface area contributed by atoms with Gasteiger partial charge in [0.05, 0.1) is 29.9 Å². The third-order valence-electron chi connectivity index (χ3n) is 8.36. The molecule has 7 rings (SSSR count). The fraction of sp³-hybridized carbons (Fsp3) is 0.194. The molecule has 1 amide bonds. The van der Waals surface area contributed by atoms with Gasteiger partial charge in [-0.25, -0.2) is 14.6 Å². The summed E-state index contributed by atoms with van der Waals surface area (Å²) < 4.78 is 18.1. The zero-order chi connectivity index (χ0) is 33.0. The maximum Gasteiger partial charge on any atom is 0.346 e. The molecule has 4 atom stereocenters. The Balaban J connectivity index is 1.11. The predicted molar refractivity (Wildman–Crippen MR) is 174 cm³/mol. The number of H-pyrrole nitrogens is 1. The number of aliphatic hydroxyl groups is 1. The number of cyclic esters (lactones) is 2. The SMILES string of the molecule is O=C(NCc1ccc(C2O[C@H](CSc3ncn[nH]3)[C@@H](c3ccccc3)[C@H](c3ccc(CO)cc3)O2)cc1)c1ccc2c(c1)C(=O)OC2=O. The fourth-order valence-corrected chi connectivity index (χ4v) is 6.73. The first-order valence-electron chi connectivity index (χ1n) is 15.3. The number of benzene rings is 4. The summed E-state index contributed by atoms with van der Waals surface area (Å²) in [5.41, 5.74) is 4.99. The van der Waals surface area contributed by atoms with Crippen molar-refractivity contribution in [2.45, 2.75) is 42.7 Å². The molecule has 48 heavy (non-hydrogen) atoms. The van der Waals surface area contributed by atoms with E-state index in [2.05, 4.69) is 37.4 Å². The van der Waals surface area contributed by atoms with Gasteiger partial charge in [0.15, 0.2) is 11.4 Å². The number of rotatable bonds is 10. The second-order valence-corrected chi connectivity index (χ2v) is 12.4. The number of carbonyl (C=O) groups is 3. The number of aliphatic hydroxyl groups excluding tert-OH is 1. The number of nitrogens with one attached hydrogen (secondary N) is 2. The standard InChI is InChI=1S/C36H30N4O7S/c41-18-22-8-10-24(11-9-22)31-30(23-4-2-1-3-5-23)29(19-48-36-38-20-39-40-36)45-35(46-31)25-12-6-21(7-13-25)17-37-32(42)26-14-15-27-28(16-26)34(44)47-33(27)43/h1-16,20,29-31,35,41H,17-19H2,(H,37,42)(H,38,39,40)/t29-,30-,31+,35?/m1/s1. The van der Waals surface area contributed by atoms with Gasteiger partial charge >= 0.3 is 11.9 Å². The van der Waals surface area contributed by atoms with Crippen LogP contribution in [0.2, 0.25) is 0 Å². The van der Waals surface area contributed by atoms with Gasteiger partial charge in [-0.05, 0) is 40.5 Å². The zero-order valence-electron chi connectivity index (χ0n) is 25.4. The van der Waals surface area contributed by atoms with Crippen LogP contribution in [0.1, 0.15) is 77.2 Å². The van der Waals surface area contributed by atoms with Crippen molar-refractivity contribution in [3.8, 4) is 0 Å². The monoisotopic (exact) mass is 662 g/mol. The quantitative estimate of drug-likeness (QED) is 0.102. The van der Waals surface area contributed by atoms with Crippen LogP contribution in [0.15, 0.2) is 109 Å². The molecule has 1 fully saturated rings. The van der Waals surface area contributed by atoms with E-state index in [0.717, 1.165) is 27.8 Å². The second-order valence-electron chi connectivity index (χ2n) is 11.4. The second kappa shape index (κ2) is 13.9. The van der Waals surface area contributed by atoms with Gasteiger partial charge in [0, 0.05) is 29.3 Å². The van der Waals surface area contributed by atoms with Crippen molar-refractivity contribution in [2.24, 2.45) is 0 Å². The average Bonchev–Trinajstić information content (AvgIpc) is 3.76. The van der Waals surface area contributed by atoms with E-state index >= 15 is 0 Å². The van der Waals surface area contributed by atoms with Gasteiger partial charge in [0.2, 0.25) is 0 Å². The summed E-state index contributed by atoms with van der Waals surface area (Å²) in [6.45, 7) is 0.185. The maximum atomic E-state index is 12.8. The van der Waals surface area contributed by atoms with Gasteiger partial charge in [-0.1, -0.05) is 90.6 Å². The summed E-state index contributed by atoms with van der Waals surface area (Å²) >= 11 is 1.52. The number of hydrogen-bond donors (Lipinski definition) is 3. The maximum absolute atomic E-state index is 12.8. The van der Waals surface area contributed by atoms with Crippen LogP contribution in [0.4, 0.5) is 0 Å². The number of ether oxygens (including phenoxy) is 3. The number of esters is 2. The van der Waals surface area contributed by atoms with Crippen LogP contribution in [0.5, 0.6) is 0 Å². The zero-order valence-corrected chi connectivity index (χ0v) is 26.3. The minimum atomic E-state index is -0.759. The number of aromatic nitrogens is 3. The fourth-order valence-electron chi connectivity index (χ4n) is 5.88. The number of hydrogen-bond acceptors (Lipinski definition) is 10. The van der Waals surface area contributed by atoms with E-state index < -0.39 is 18.2 Å². The molecule has 1 aromatic heterocycles. The van der Waals surface area contributed by atoms with E-state index in [1.165, 1.54) is 36.3 Å². The third kappa shape index (κ3) is 6.64. The van der Waals surface area contributed by atoms with Gasteiger partial charge < -0.3 is 24.6 Å². The van der Waals surface area contributed by atoms with Gasteiger partial charge in [-0.2, -0.15) is 5.10 Å². The van der Waals surface area contributed by atoms with E-state index in [0.29, 0.717) is 10.9 Å². The Morgan fingerprint density at radius 3 is 2.29 bits per heavy atom. The summed E-state index contributed by atoms with van der Waals surface area (Å²) in [6.07, 6.45) is 0.148. The molecule has 3 heterocycles. The first-order chi connectivity index (χ1) is 23.5. The highest BCUT2D eigenvalue weighted by Crippen LogP contribution is 2.47. The van der Waals surface area contributed by atoms with Crippen molar-refractivity contribution in [1.29, 1.82) is 0 Å². The van der Waals surface area contributed by atoms with E-state index in [1.807, 2.05) is 66.7 Å². The number of thioether (sulfide) groups is 1. The number of aromatic amines is 1. The molecule has 12 heteroatoms. The summed E-state index contributed by atoms with van der Waals surface area (Å²) in [5.74, 6) is -1.42. The molecule has 3 N–H and O–H groups in total. The molecule has 2 aliphatic heterocycles. The Kier molecular flexibility index (Phi) is 9.12. The van der Waals surface area contributed by atoms with E-state index in [-0.39, 0.29) is 53.9 Å². The molecule has 0 spiro atoms. The van der Waals surface area contributed by atoms with Crippen LogP contribution < -0.4 is 5.32 Å². The van der Waals surface area contributed by atoms with Crippen LogP contribution in [0, 0.1) is 0 Å². The predicted octanol–water partition coefficient (Wildman–Crippen LogP) is 5.27. The Morgan fingerprint density at radius 2 is 1.56 bits per heavy atom. The molecule has 11 nitrogen and oxygen atoms in total. The molecular weight excluding hydrogens is 632 g/mol. The Labute approximate surface area is 279 Å². The topological polar surface area (TPSA) is 153 Å². The summed E-state index contributed by atoms with van der Waals surface area (Å²) in [5, 5.41) is 20.1. The molecule has 1 saturated heterocycles. The van der Waals surface area contributed by atoms with Crippen LogP contribution in [-0.4, -0.2) is 50.0 Å². The first-order valence-corrected chi connectivity index (χ1v) is 16.3. The number of fused-ring (bicyclic) bond motifs is 1. The highest BCUT2D eigenvalue weighted by Gasteiger charge is 2.42. The minimum Gasteiger partial charge on any atom is -0.392 e. The normalized spacial score (nSPS) is 20.3. The van der Waals surface area contributed by atoms with Crippen molar-refractivity contribution in [3.05, 3.63) is 148 Å². The van der Waals surface area contributed by atoms with Crippen molar-refractivity contribution in [1.82, 2.24) is 20.5 Å². The van der Waals surface area contributed by atoms with Gasteiger partial charge in [-0.15, -0.1) is 0 Å². The number of amides is 1. The van der Waals surface area contributed by atoms with Crippen molar-refractivity contribution in [3.63, 3.8) is 0 Å². The molecular formula is C36H30N4O7S. The van der Waals surface area contributed by atoms with Crippen molar-refractivity contribution >= 4 is 29.6 Å². The number of nitrogens with zero attached hydrogens (tertiary/aromatic N) is 2. The summed E-state index contributed by atoms with van der Waals surface area (Å²) in [7, 11) is 0. The Bertz CT molecular complexity index is 1920. The molecule has 242 valence electrons. The van der Waals surface area contributed by atoms with Gasteiger partial charge in [0.25, 0.3) is 5.91 Å². The third-order valence-corrected chi connectivity index (χ3v) is 9.33. The van der Waals surface area contributed by atoms with E-state index in [9.17, 15) is 19.5 Å². The smallest absolute Gasteiger partial charge is 0.346 e. The summed E-state index contributed by atoms with van der Waals surface area (Å²) in [4.78, 5) is 40.8. The van der Waals surface area contributed by atoms with Crippen LogP contribution in [0.25, 0.3) is 0 Å². The lowest BCUT2D eigenvalue weighted by atomic mass is 9.84. The summed E-state index contributed by atoms with van der Waals surface area (Å²) in [6, 6.07) is 29.8. The molecule has 2 aliphatic rings. The minimum absolute atomic E-state index is 0.0497. The Hall–Kier alpha value is -5.14.